The molecule has 1 spiro atoms. The van der Waals surface area contributed by atoms with Gasteiger partial charge in [-0.3, -0.25) is 9.59 Å². The summed E-state index contributed by atoms with van der Waals surface area (Å²) in [7, 11) is 1.60. The molecular weight excluding hydrogens is 423 g/mol. The van der Waals surface area contributed by atoms with Gasteiger partial charge >= 0.3 is 0 Å². The largest absolute Gasteiger partial charge is 0.440 e. The molecule has 7 nitrogen and oxygen atoms in total. The summed E-state index contributed by atoms with van der Waals surface area (Å²) in [6.45, 7) is 1.86. The molecule has 2 aliphatic heterocycles. The van der Waals surface area contributed by atoms with Crippen molar-refractivity contribution in [3.63, 3.8) is 0 Å². The lowest BCUT2D eigenvalue weighted by Gasteiger charge is -2.34. The van der Waals surface area contributed by atoms with Crippen LogP contribution in [0.5, 0.6) is 5.75 Å². The minimum absolute atomic E-state index is 0.0559. The zero-order valence-corrected chi connectivity index (χ0v) is 17.9. The van der Waals surface area contributed by atoms with E-state index in [1.54, 1.807) is 56.4 Å². The maximum absolute atomic E-state index is 14.2. The molecule has 1 aromatic heterocycles. The summed E-state index contributed by atoms with van der Waals surface area (Å²) in [6, 6.07) is 16.5. The highest BCUT2D eigenvalue weighted by Gasteiger charge is 2.60. The number of halogens is 1. The molecule has 3 heterocycles. The second-order valence-corrected chi connectivity index (χ2v) is 8.13. The number of aryl methyl sites for hydroxylation is 1. The Morgan fingerprint density at radius 1 is 1.15 bits per heavy atom. The van der Waals surface area contributed by atoms with Crippen molar-refractivity contribution in [2.75, 3.05) is 4.90 Å². The van der Waals surface area contributed by atoms with Crippen LogP contribution in [0, 0.1) is 24.1 Å². The third kappa shape index (κ3) is 2.66. The number of amides is 1. The third-order valence-corrected chi connectivity index (χ3v) is 6.38. The van der Waals surface area contributed by atoms with E-state index in [4.69, 9.17) is 10.5 Å². The Balaban J connectivity index is 1.83. The quantitative estimate of drug-likeness (QED) is 0.658. The van der Waals surface area contributed by atoms with Crippen LogP contribution in [-0.2, 0) is 23.8 Å². The third-order valence-electron chi connectivity index (χ3n) is 6.38. The number of ether oxygens (including phenoxy) is 1. The Bertz CT molecular complexity index is 1470. The lowest BCUT2D eigenvalue weighted by molar-refractivity contribution is -0.121. The summed E-state index contributed by atoms with van der Waals surface area (Å²) in [5, 5.41) is 10.1. The molecule has 0 bridgehead atoms. The summed E-state index contributed by atoms with van der Waals surface area (Å²) < 4.78 is 20.5. The van der Waals surface area contributed by atoms with E-state index < -0.39 is 16.9 Å². The zero-order valence-electron chi connectivity index (χ0n) is 17.9. The van der Waals surface area contributed by atoms with Crippen molar-refractivity contribution in [2.45, 2.75) is 18.9 Å². The monoisotopic (exact) mass is 442 g/mol. The lowest BCUT2D eigenvalue weighted by Crippen LogP contribution is -2.49. The minimum Gasteiger partial charge on any atom is -0.440 e. The minimum atomic E-state index is -1.74. The first kappa shape index (κ1) is 20.5. The van der Waals surface area contributed by atoms with E-state index in [-0.39, 0.29) is 35.1 Å². The number of hydrogen-bond donors (Lipinski definition) is 1. The number of nitrogens with zero attached hydrogens (tertiary/aromatic N) is 3. The molecule has 3 aromatic rings. The van der Waals surface area contributed by atoms with Crippen LogP contribution < -0.4 is 20.9 Å². The van der Waals surface area contributed by atoms with Crippen LogP contribution in [0.15, 0.2) is 70.8 Å². The Kier molecular flexibility index (Phi) is 4.40. The summed E-state index contributed by atoms with van der Waals surface area (Å²) in [5.41, 5.74) is 6.20. The van der Waals surface area contributed by atoms with Crippen molar-refractivity contribution >= 4 is 11.6 Å². The van der Waals surface area contributed by atoms with Gasteiger partial charge in [0.25, 0.3) is 5.56 Å². The Hall–Kier alpha value is -4.38. The van der Waals surface area contributed by atoms with E-state index in [1.807, 2.05) is 6.07 Å². The van der Waals surface area contributed by atoms with Crippen LogP contribution in [0.3, 0.4) is 0 Å². The molecule has 1 amide bonds. The molecule has 0 unspecified atom stereocenters. The Labute approximate surface area is 188 Å². The number of anilines is 1. The Morgan fingerprint density at radius 3 is 2.55 bits per heavy atom. The molecule has 0 fully saturated rings. The molecule has 0 radical (unpaired) electrons. The van der Waals surface area contributed by atoms with Crippen LogP contribution in [0.2, 0.25) is 0 Å². The summed E-state index contributed by atoms with van der Waals surface area (Å²) >= 11 is 0. The van der Waals surface area contributed by atoms with Crippen molar-refractivity contribution in [3.05, 3.63) is 105 Å². The number of benzene rings is 2. The van der Waals surface area contributed by atoms with Crippen LogP contribution >= 0.6 is 0 Å². The van der Waals surface area contributed by atoms with Crippen molar-refractivity contribution in [1.82, 2.24) is 4.57 Å². The van der Waals surface area contributed by atoms with E-state index in [9.17, 15) is 19.2 Å². The van der Waals surface area contributed by atoms with Crippen LogP contribution in [0.4, 0.5) is 10.1 Å². The van der Waals surface area contributed by atoms with Gasteiger partial charge in [0.05, 0.1) is 12.1 Å². The fourth-order valence-corrected chi connectivity index (χ4v) is 4.70. The van der Waals surface area contributed by atoms with Crippen LogP contribution in [0.1, 0.15) is 22.4 Å². The maximum atomic E-state index is 14.2. The predicted molar refractivity (Wildman–Crippen MR) is 119 cm³/mol. The number of rotatable bonds is 2. The van der Waals surface area contributed by atoms with Gasteiger partial charge in [-0.15, -0.1) is 0 Å². The molecule has 0 saturated carbocycles. The van der Waals surface area contributed by atoms with Gasteiger partial charge in [0.2, 0.25) is 11.8 Å². The first-order valence-corrected chi connectivity index (χ1v) is 10.3. The molecular formula is C25H19FN4O3. The van der Waals surface area contributed by atoms with Gasteiger partial charge in [-0.25, -0.2) is 4.39 Å². The van der Waals surface area contributed by atoms with E-state index >= 15 is 0 Å². The number of nitrogens with two attached hydrogens (primary N) is 1. The summed E-state index contributed by atoms with van der Waals surface area (Å²) in [4.78, 5) is 29.3. The predicted octanol–water partition coefficient (Wildman–Crippen LogP) is 2.75. The number of aromatic nitrogens is 1. The second-order valence-electron chi connectivity index (χ2n) is 8.13. The number of pyridine rings is 1. The highest BCUT2D eigenvalue weighted by Crippen LogP contribution is 2.54. The van der Waals surface area contributed by atoms with Crippen molar-refractivity contribution in [1.29, 1.82) is 5.26 Å². The Morgan fingerprint density at radius 2 is 1.85 bits per heavy atom. The summed E-state index contributed by atoms with van der Waals surface area (Å²) in [6.07, 6.45) is 0. The number of nitriles is 1. The fraction of sp³-hybridized carbons (Fsp3) is 0.160. The van der Waals surface area contributed by atoms with Crippen LogP contribution in [0.25, 0.3) is 0 Å². The van der Waals surface area contributed by atoms with Crippen molar-refractivity contribution in [2.24, 2.45) is 12.8 Å². The smallest absolute Gasteiger partial charge is 0.259 e. The van der Waals surface area contributed by atoms with Gasteiger partial charge in [-0.1, -0.05) is 30.3 Å². The van der Waals surface area contributed by atoms with Gasteiger partial charge in [0.15, 0.2) is 5.41 Å². The molecule has 5 rings (SSSR count). The molecule has 1 atom stereocenters. The molecule has 2 N–H and O–H groups in total. The number of carbonyl (C=O) groups is 1. The van der Waals surface area contributed by atoms with Crippen LogP contribution in [-0.4, -0.2) is 10.5 Å². The molecule has 0 aliphatic carbocycles. The van der Waals surface area contributed by atoms with E-state index in [0.29, 0.717) is 22.5 Å². The van der Waals surface area contributed by atoms with E-state index in [2.05, 4.69) is 0 Å². The van der Waals surface area contributed by atoms with E-state index in [1.165, 1.54) is 21.6 Å². The fourth-order valence-electron chi connectivity index (χ4n) is 4.70. The second kappa shape index (κ2) is 7.07. The average molecular weight is 442 g/mol. The maximum Gasteiger partial charge on any atom is 0.259 e. The topological polar surface area (TPSA) is 101 Å². The van der Waals surface area contributed by atoms with Crippen molar-refractivity contribution < 1.29 is 13.9 Å². The van der Waals surface area contributed by atoms with Gasteiger partial charge in [0, 0.05) is 30.1 Å². The van der Waals surface area contributed by atoms with Gasteiger partial charge in [-0.05, 0) is 30.7 Å². The standard InChI is InChI=1S/C25H19FN4O3/c1-14-11-20-21(23(31)29(14)2)25(18(12-27)22(28)33-20)17-5-3-4-6-19(17)30(24(25)32)13-15-7-9-16(26)10-8-15/h3-11H,13,28H2,1-2H3/t25-/m0/s1. The summed E-state index contributed by atoms with van der Waals surface area (Å²) in [5.74, 6) is -0.940. The molecule has 8 heteroatoms. The van der Waals surface area contributed by atoms with E-state index in [0.717, 1.165) is 0 Å². The lowest BCUT2D eigenvalue weighted by atomic mass is 9.69. The highest BCUT2D eigenvalue weighted by atomic mass is 19.1. The first-order valence-electron chi connectivity index (χ1n) is 10.3. The molecule has 2 aromatic carbocycles. The molecule has 33 heavy (non-hydrogen) atoms. The average Bonchev–Trinajstić information content (AvgIpc) is 3.03. The zero-order chi connectivity index (χ0) is 23.5. The number of para-hydroxylation sites is 1. The number of fused-ring (bicyclic) bond motifs is 4. The van der Waals surface area contributed by atoms with Gasteiger partial charge in [-0.2, -0.15) is 5.26 Å². The number of hydrogen-bond acceptors (Lipinski definition) is 5. The highest BCUT2D eigenvalue weighted by molar-refractivity contribution is 6.14. The molecule has 0 saturated heterocycles. The van der Waals surface area contributed by atoms with Gasteiger partial charge < -0.3 is 19.9 Å². The molecule has 164 valence electrons. The normalized spacial score (nSPS) is 18.7. The number of carbonyl (C=O) groups excluding carboxylic acids is 1. The van der Waals surface area contributed by atoms with Gasteiger partial charge in [0.1, 0.15) is 23.2 Å². The van der Waals surface area contributed by atoms with Crippen molar-refractivity contribution in [3.8, 4) is 11.8 Å². The first-order chi connectivity index (χ1) is 15.8. The molecule has 2 aliphatic rings. The SMILES string of the molecule is Cc1cc2c(c(=O)n1C)[C@@]1(C(=O)N(Cc3ccc(F)cc3)c3ccccc31)C(C#N)=C(N)O2.